The summed E-state index contributed by atoms with van der Waals surface area (Å²) in [7, 11) is 1.10. The maximum Gasteiger partial charge on any atom is 0.416 e. The van der Waals surface area contributed by atoms with Gasteiger partial charge in [-0.3, -0.25) is 4.79 Å². The number of hydrogen-bond acceptors (Lipinski definition) is 6. The van der Waals surface area contributed by atoms with Crippen molar-refractivity contribution >= 4 is 29.2 Å². The quantitative estimate of drug-likeness (QED) is 0.433. The first-order chi connectivity index (χ1) is 17.0. The molecule has 0 amide bonds. The largest absolute Gasteiger partial charge is 0.459 e. The number of aromatic nitrogens is 3. The molecule has 1 heterocycles. The van der Waals surface area contributed by atoms with E-state index in [4.69, 9.17) is 32.7 Å². The Morgan fingerprint density at radius 3 is 2.14 bits per heavy atom. The number of benzene rings is 2. The van der Waals surface area contributed by atoms with Crippen LogP contribution in [0.1, 0.15) is 26.3 Å². The number of hydrogen-bond donors (Lipinski definition) is 0. The predicted octanol–water partition coefficient (Wildman–Crippen LogP) is 4.16. The first-order valence-electron chi connectivity index (χ1n) is 10.5. The molecule has 0 unspecified atom stereocenters. The second-order valence-electron chi connectivity index (χ2n) is 8.77. The van der Waals surface area contributed by atoms with E-state index in [1.807, 2.05) is 0 Å². The number of rotatable bonds is 5. The highest BCUT2D eigenvalue weighted by Gasteiger charge is 2.31. The molecule has 0 aliphatic rings. The smallest absolute Gasteiger partial charge is 0.416 e. The average Bonchev–Trinajstić information content (AvgIpc) is 2.77. The second-order valence-corrected chi connectivity index (χ2v) is 9.59. The van der Waals surface area contributed by atoms with E-state index in [-0.39, 0.29) is 27.2 Å². The first-order valence-corrected chi connectivity index (χ1v) is 11.2. The fraction of sp³-hybridized carbons (Fsp3) is 0.304. The minimum Gasteiger partial charge on any atom is -0.459 e. The highest BCUT2D eigenvalue weighted by molar-refractivity contribution is 6.32. The summed E-state index contributed by atoms with van der Waals surface area (Å²) in [5.41, 5.74) is -5.39. The summed E-state index contributed by atoms with van der Waals surface area (Å²) >= 11 is 12.2. The van der Waals surface area contributed by atoms with Gasteiger partial charge in [-0.25, -0.2) is 28.1 Å². The molecule has 0 radical (unpaired) electrons. The van der Waals surface area contributed by atoms with Crippen LogP contribution in [0.3, 0.4) is 0 Å². The standard InChI is InChI=1S/C23H20Cl2F3N3O6/c1-22(2,3)37-18(32)11-30-19(33)29(4)20(34)31(21(30)35)16-10-13(6-7-14(16)24)36-17-8-5-12(9-15(17)25)23(26,27)28/h5-10H,11H2,1-4H3. The zero-order valence-electron chi connectivity index (χ0n) is 19.9. The van der Waals surface area contributed by atoms with Gasteiger partial charge in [-0.1, -0.05) is 23.2 Å². The van der Waals surface area contributed by atoms with Crippen LogP contribution < -0.4 is 21.8 Å². The summed E-state index contributed by atoms with van der Waals surface area (Å²) in [4.78, 5) is 50.9. The van der Waals surface area contributed by atoms with Crippen molar-refractivity contribution in [1.29, 1.82) is 0 Å². The lowest BCUT2D eigenvalue weighted by Crippen LogP contribution is -2.54. The molecule has 2 aromatic carbocycles. The van der Waals surface area contributed by atoms with Gasteiger partial charge in [0.25, 0.3) is 0 Å². The van der Waals surface area contributed by atoms with Crippen molar-refractivity contribution in [2.45, 2.75) is 39.1 Å². The van der Waals surface area contributed by atoms with Crippen molar-refractivity contribution in [3.8, 4) is 17.2 Å². The monoisotopic (exact) mass is 561 g/mol. The molecule has 0 bridgehead atoms. The fourth-order valence-corrected chi connectivity index (χ4v) is 3.58. The number of halogens is 5. The van der Waals surface area contributed by atoms with E-state index >= 15 is 0 Å². The molecule has 9 nitrogen and oxygen atoms in total. The molecule has 37 heavy (non-hydrogen) atoms. The first kappa shape index (κ1) is 28.1. The number of carbonyl (C=O) groups excluding carboxylic acids is 1. The van der Waals surface area contributed by atoms with Gasteiger partial charge in [0.15, 0.2) is 0 Å². The van der Waals surface area contributed by atoms with Crippen LogP contribution >= 0.6 is 23.2 Å². The molecular formula is C23H20Cl2F3N3O6. The third kappa shape index (κ3) is 6.25. The Morgan fingerprint density at radius 1 is 0.919 bits per heavy atom. The molecule has 0 aliphatic heterocycles. The molecule has 0 aliphatic carbocycles. The molecule has 1 aromatic heterocycles. The van der Waals surface area contributed by atoms with E-state index in [0.29, 0.717) is 19.8 Å². The molecule has 3 rings (SSSR count). The predicted molar refractivity (Wildman–Crippen MR) is 129 cm³/mol. The normalized spacial score (nSPS) is 11.9. The molecule has 0 atom stereocenters. The minimum absolute atomic E-state index is 0.0418. The zero-order valence-corrected chi connectivity index (χ0v) is 21.4. The maximum absolute atomic E-state index is 13.1. The van der Waals surface area contributed by atoms with Crippen molar-refractivity contribution in [3.63, 3.8) is 0 Å². The average molecular weight is 562 g/mol. The Hall–Kier alpha value is -3.51. The van der Waals surface area contributed by atoms with Crippen molar-refractivity contribution in [2.75, 3.05) is 0 Å². The molecule has 0 saturated heterocycles. The zero-order chi connectivity index (χ0) is 27.9. The number of esters is 1. The minimum atomic E-state index is -4.61. The van der Waals surface area contributed by atoms with Crippen molar-refractivity contribution < 1.29 is 27.4 Å². The molecule has 14 heteroatoms. The number of ether oxygens (including phenoxy) is 2. The Bertz CT molecular complexity index is 1550. The molecule has 3 aromatic rings. The Labute approximate surface area is 217 Å². The van der Waals surface area contributed by atoms with Crippen LogP contribution in [0, 0.1) is 0 Å². The van der Waals surface area contributed by atoms with Crippen LogP contribution in [0.25, 0.3) is 5.69 Å². The summed E-state index contributed by atoms with van der Waals surface area (Å²) in [5, 5.41) is -0.446. The summed E-state index contributed by atoms with van der Waals surface area (Å²) in [6.07, 6.45) is -4.61. The van der Waals surface area contributed by atoms with Crippen molar-refractivity contribution in [2.24, 2.45) is 7.05 Å². The molecule has 0 saturated carbocycles. The summed E-state index contributed by atoms with van der Waals surface area (Å²) in [6, 6.07) is 6.20. The van der Waals surface area contributed by atoms with E-state index in [0.717, 1.165) is 25.2 Å². The molecule has 0 fully saturated rings. The third-order valence-corrected chi connectivity index (χ3v) is 5.39. The maximum atomic E-state index is 13.1. The number of alkyl halides is 3. The third-order valence-electron chi connectivity index (χ3n) is 4.77. The van der Waals surface area contributed by atoms with Gasteiger partial charge in [0.1, 0.15) is 23.6 Å². The molecule has 0 N–H and O–H groups in total. The Morgan fingerprint density at radius 2 is 1.57 bits per heavy atom. The van der Waals surface area contributed by atoms with Gasteiger partial charge in [0, 0.05) is 13.1 Å². The highest BCUT2D eigenvalue weighted by Crippen LogP contribution is 2.37. The van der Waals surface area contributed by atoms with Gasteiger partial charge in [-0.05, 0) is 51.1 Å². The van der Waals surface area contributed by atoms with Gasteiger partial charge < -0.3 is 9.47 Å². The lowest BCUT2D eigenvalue weighted by molar-refractivity contribution is -0.155. The van der Waals surface area contributed by atoms with E-state index in [1.165, 1.54) is 12.1 Å². The molecule has 0 spiro atoms. The van der Waals surface area contributed by atoms with Gasteiger partial charge in [0.2, 0.25) is 0 Å². The fourth-order valence-electron chi connectivity index (χ4n) is 3.16. The van der Waals surface area contributed by atoms with Gasteiger partial charge >= 0.3 is 29.2 Å². The molecular weight excluding hydrogens is 542 g/mol. The van der Waals surface area contributed by atoms with Crippen LogP contribution in [0.4, 0.5) is 13.2 Å². The van der Waals surface area contributed by atoms with Crippen LogP contribution in [-0.2, 0) is 29.3 Å². The van der Waals surface area contributed by atoms with Gasteiger partial charge in [0.05, 0.1) is 21.3 Å². The van der Waals surface area contributed by atoms with Crippen LogP contribution in [0.15, 0.2) is 50.8 Å². The Kier molecular flexibility index (Phi) is 7.66. The van der Waals surface area contributed by atoms with E-state index < -0.39 is 46.9 Å². The van der Waals surface area contributed by atoms with Gasteiger partial charge in [-0.15, -0.1) is 0 Å². The number of carbonyl (C=O) groups is 1. The summed E-state index contributed by atoms with van der Waals surface area (Å²) < 4.78 is 51.1. The van der Waals surface area contributed by atoms with Crippen molar-refractivity contribution in [1.82, 2.24) is 13.7 Å². The van der Waals surface area contributed by atoms with Crippen LogP contribution in [0.5, 0.6) is 11.5 Å². The Balaban J connectivity index is 2.09. The summed E-state index contributed by atoms with van der Waals surface area (Å²) in [5.74, 6) is -1.07. The summed E-state index contributed by atoms with van der Waals surface area (Å²) in [6.45, 7) is 4.01. The lowest BCUT2D eigenvalue weighted by Gasteiger charge is -2.20. The highest BCUT2D eigenvalue weighted by atomic mass is 35.5. The number of nitrogens with zero attached hydrogens (tertiary/aromatic N) is 3. The topological polar surface area (TPSA) is 102 Å². The second kappa shape index (κ2) is 10.1. The van der Waals surface area contributed by atoms with E-state index in [9.17, 15) is 32.3 Å². The van der Waals surface area contributed by atoms with E-state index in [1.54, 1.807) is 20.8 Å². The lowest BCUT2D eigenvalue weighted by atomic mass is 10.2. The van der Waals surface area contributed by atoms with Crippen LogP contribution in [-0.4, -0.2) is 25.3 Å². The van der Waals surface area contributed by atoms with E-state index in [2.05, 4.69) is 0 Å². The van der Waals surface area contributed by atoms with Crippen LogP contribution in [0.2, 0.25) is 10.0 Å². The van der Waals surface area contributed by atoms with Crippen molar-refractivity contribution in [3.05, 3.63) is 83.5 Å². The SMILES string of the molecule is Cn1c(=O)n(CC(=O)OC(C)(C)C)c(=O)n(-c2cc(Oc3ccc(C(F)(F)F)cc3Cl)ccc2Cl)c1=O. The molecule has 198 valence electrons. The van der Waals surface area contributed by atoms with Gasteiger partial charge in [-0.2, -0.15) is 13.2 Å².